The molecule has 4 heteroatoms. The van der Waals surface area contributed by atoms with Crippen molar-refractivity contribution in [3.8, 4) is 5.88 Å². The van der Waals surface area contributed by atoms with Crippen molar-refractivity contribution in [2.45, 2.75) is 77.2 Å². The fourth-order valence-electron chi connectivity index (χ4n) is 5.64. The summed E-state index contributed by atoms with van der Waals surface area (Å²) in [5, 5.41) is 0. The van der Waals surface area contributed by atoms with E-state index in [1.165, 1.54) is 30.4 Å². The highest BCUT2D eigenvalue weighted by Gasteiger charge is 2.43. The van der Waals surface area contributed by atoms with Gasteiger partial charge in [0.2, 0.25) is 5.88 Å². The van der Waals surface area contributed by atoms with Gasteiger partial charge in [-0.1, -0.05) is 27.2 Å². The Bertz CT molecular complexity index is 699. The average Bonchev–Trinajstić information content (AvgIpc) is 3.23. The third-order valence-electron chi connectivity index (χ3n) is 7.00. The lowest BCUT2D eigenvalue weighted by Crippen LogP contribution is -2.36. The fraction of sp³-hybridized carbons (Fsp3) is 0.727. The van der Waals surface area contributed by atoms with Crippen molar-refractivity contribution in [2.75, 3.05) is 7.11 Å². The van der Waals surface area contributed by atoms with Gasteiger partial charge >= 0.3 is 5.97 Å². The van der Waals surface area contributed by atoms with E-state index < -0.39 is 0 Å². The second kappa shape index (κ2) is 6.86. The van der Waals surface area contributed by atoms with Crippen LogP contribution in [0.2, 0.25) is 0 Å². The minimum absolute atomic E-state index is 0.0302. The Hall–Kier alpha value is -1.58. The van der Waals surface area contributed by atoms with Gasteiger partial charge in [-0.25, -0.2) is 9.78 Å². The van der Waals surface area contributed by atoms with E-state index >= 15 is 0 Å². The summed E-state index contributed by atoms with van der Waals surface area (Å²) in [4.78, 5) is 17.6. The topological polar surface area (TPSA) is 48.4 Å². The van der Waals surface area contributed by atoms with Gasteiger partial charge in [-0.05, 0) is 67.3 Å². The predicted molar refractivity (Wildman–Crippen MR) is 101 cm³/mol. The molecule has 2 fully saturated rings. The molecular formula is C22H31NO3. The lowest BCUT2D eigenvalue weighted by Gasteiger charge is -2.36. The van der Waals surface area contributed by atoms with Crippen LogP contribution in [0, 0.1) is 17.8 Å². The molecule has 0 amide bonds. The summed E-state index contributed by atoms with van der Waals surface area (Å²) >= 11 is 0. The Kier molecular flexibility index (Phi) is 4.70. The molecule has 4 nitrogen and oxygen atoms in total. The summed E-state index contributed by atoms with van der Waals surface area (Å²) in [6.07, 6.45) is 8.57. The third-order valence-corrected chi connectivity index (χ3v) is 7.00. The molecule has 3 aliphatic rings. The van der Waals surface area contributed by atoms with Gasteiger partial charge in [-0.3, -0.25) is 0 Å². The standard InChI is InChI=1S/C22H31NO3/c1-12(2)16-8-5-13(3)9-18(16)26-22(24)17-11-23-21(25-4)20-15-7-6-14(10-15)19(17)20/h11-16,18H,5-10H2,1-4H3/t13?,14-,15?,16+,18-/m1/s1. The van der Waals surface area contributed by atoms with Gasteiger partial charge < -0.3 is 9.47 Å². The summed E-state index contributed by atoms with van der Waals surface area (Å²) in [5.41, 5.74) is 3.03. The van der Waals surface area contributed by atoms with E-state index in [1.54, 1.807) is 13.3 Å². The predicted octanol–water partition coefficient (Wildman–Crippen LogP) is 5.07. The van der Waals surface area contributed by atoms with Gasteiger partial charge in [0.15, 0.2) is 0 Å². The molecule has 0 spiro atoms. The highest BCUT2D eigenvalue weighted by Crippen LogP contribution is 2.56. The molecule has 3 aliphatic carbocycles. The van der Waals surface area contributed by atoms with E-state index in [0.29, 0.717) is 41.0 Å². The zero-order valence-corrected chi connectivity index (χ0v) is 16.5. The van der Waals surface area contributed by atoms with Crippen molar-refractivity contribution in [1.82, 2.24) is 4.98 Å². The van der Waals surface area contributed by atoms with Crippen LogP contribution in [0.4, 0.5) is 0 Å². The summed E-state index contributed by atoms with van der Waals surface area (Å²) in [6.45, 7) is 6.75. The quantitative estimate of drug-likeness (QED) is 0.706. The van der Waals surface area contributed by atoms with Gasteiger partial charge in [0.25, 0.3) is 0 Å². The first-order chi connectivity index (χ1) is 12.5. The Labute approximate surface area is 156 Å². The molecule has 0 N–H and O–H groups in total. The number of esters is 1. The second-order valence-corrected chi connectivity index (χ2v) is 8.99. The number of rotatable bonds is 4. The Morgan fingerprint density at radius 1 is 1.12 bits per heavy atom. The van der Waals surface area contributed by atoms with Crippen LogP contribution in [0.3, 0.4) is 0 Å². The number of hydrogen-bond donors (Lipinski definition) is 0. The van der Waals surface area contributed by atoms with Gasteiger partial charge in [-0.15, -0.1) is 0 Å². The number of nitrogens with zero attached hydrogens (tertiary/aromatic N) is 1. The van der Waals surface area contributed by atoms with Crippen LogP contribution in [-0.4, -0.2) is 24.2 Å². The SMILES string of the molecule is COc1ncc(C(=O)O[C@@H]2CC(C)CC[C@H]2C(C)C)c2c1C1CC[C@@H]2C1. The first kappa shape index (κ1) is 17.8. The highest BCUT2D eigenvalue weighted by atomic mass is 16.5. The Balaban J connectivity index is 1.61. The molecule has 2 bridgehead atoms. The first-order valence-corrected chi connectivity index (χ1v) is 10.3. The van der Waals surface area contributed by atoms with E-state index in [4.69, 9.17) is 9.47 Å². The van der Waals surface area contributed by atoms with E-state index in [0.717, 1.165) is 19.3 Å². The highest BCUT2D eigenvalue weighted by molar-refractivity contribution is 5.92. The van der Waals surface area contributed by atoms with Crippen molar-refractivity contribution in [3.05, 3.63) is 22.9 Å². The Morgan fingerprint density at radius 2 is 1.85 bits per heavy atom. The fourth-order valence-corrected chi connectivity index (χ4v) is 5.64. The maximum atomic E-state index is 13.1. The van der Waals surface area contributed by atoms with Crippen LogP contribution in [0.25, 0.3) is 0 Å². The molecule has 4 rings (SSSR count). The van der Waals surface area contributed by atoms with Gasteiger partial charge in [-0.2, -0.15) is 0 Å². The van der Waals surface area contributed by atoms with Crippen LogP contribution >= 0.6 is 0 Å². The van der Waals surface area contributed by atoms with Gasteiger partial charge in [0.1, 0.15) is 6.10 Å². The van der Waals surface area contributed by atoms with Crippen molar-refractivity contribution < 1.29 is 14.3 Å². The molecule has 0 aromatic carbocycles. The van der Waals surface area contributed by atoms with E-state index in [1.807, 2.05) is 0 Å². The molecule has 0 saturated heterocycles. The molecule has 2 saturated carbocycles. The molecule has 2 unspecified atom stereocenters. The maximum Gasteiger partial charge on any atom is 0.340 e. The van der Waals surface area contributed by atoms with Crippen LogP contribution in [-0.2, 0) is 4.74 Å². The number of methoxy groups -OCH3 is 1. The van der Waals surface area contributed by atoms with Crippen molar-refractivity contribution in [3.63, 3.8) is 0 Å². The van der Waals surface area contributed by atoms with Gasteiger partial charge in [0, 0.05) is 11.8 Å². The molecule has 1 aromatic heterocycles. The van der Waals surface area contributed by atoms with E-state index in [9.17, 15) is 4.79 Å². The normalized spacial score (nSPS) is 32.6. The number of hydrogen-bond acceptors (Lipinski definition) is 4. The minimum atomic E-state index is -0.172. The van der Waals surface area contributed by atoms with Gasteiger partial charge in [0.05, 0.1) is 12.7 Å². The number of pyridine rings is 1. The largest absolute Gasteiger partial charge is 0.481 e. The minimum Gasteiger partial charge on any atom is -0.481 e. The second-order valence-electron chi connectivity index (χ2n) is 8.99. The summed E-state index contributed by atoms with van der Waals surface area (Å²) in [6, 6.07) is 0. The molecule has 5 atom stereocenters. The van der Waals surface area contributed by atoms with Crippen molar-refractivity contribution in [1.29, 1.82) is 0 Å². The molecule has 0 aliphatic heterocycles. The van der Waals surface area contributed by atoms with Crippen LogP contribution < -0.4 is 4.74 Å². The molecule has 1 aromatic rings. The van der Waals surface area contributed by atoms with Crippen LogP contribution in [0.5, 0.6) is 5.88 Å². The smallest absolute Gasteiger partial charge is 0.340 e. The molecule has 142 valence electrons. The number of fused-ring (bicyclic) bond motifs is 5. The number of ether oxygens (including phenoxy) is 2. The molecule has 0 radical (unpaired) electrons. The monoisotopic (exact) mass is 357 g/mol. The average molecular weight is 357 g/mol. The van der Waals surface area contributed by atoms with Crippen LogP contribution in [0.1, 0.15) is 92.6 Å². The third kappa shape index (κ3) is 2.91. The number of carbonyl (C=O) groups is 1. The Morgan fingerprint density at radius 3 is 2.54 bits per heavy atom. The van der Waals surface area contributed by atoms with Crippen LogP contribution in [0.15, 0.2) is 6.20 Å². The van der Waals surface area contributed by atoms with E-state index in [2.05, 4.69) is 25.8 Å². The summed E-state index contributed by atoms with van der Waals surface area (Å²) < 4.78 is 11.6. The molecular weight excluding hydrogens is 326 g/mol. The lowest BCUT2D eigenvalue weighted by molar-refractivity contribution is -0.0175. The maximum absolute atomic E-state index is 13.1. The summed E-state index contributed by atoms with van der Waals surface area (Å²) in [5.74, 6) is 3.13. The van der Waals surface area contributed by atoms with Crippen molar-refractivity contribution >= 4 is 5.97 Å². The number of aromatic nitrogens is 1. The molecule has 1 heterocycles. The van der Waals surface area contributed by atoms with E-state index in [-0.39, 0.29) is 12.1 Å². The van der Waals surface area contributed by atoms with Crippen molar-refractivity contribution in [2.24, 2.45) is 17.8 Å². The molecule has 26 heavy (non-hydrogen) atoms. The summed E-state index contributed by atoms with van der Waals surface area (Å²) in [7, 11) is 1.67. The zero-order valence-electron chi connectivity index (χ0n) is 16.5. The zero-order chi connectivity index (χ0) is 18.4. The lowest BCUT2D eigenvalue weighted by atomic mass is 9.75. The number of carbonyl (C=O) groups excluding carboxylic acids is 1. The first-order valence-electron chi connectivity index (χ1n) is 10.3.